The minimum Gasteiger partial charge on any atom is -0.477 e. The first-order valence-electron chi connectivity index (χ1n) is 9.84. The Bertz CT molecular complexity index is 941. The van der Waals surface area contributed by atoms with Gasteiger partial charge in [0.2, 0.25) is 5.43 Å². The van der Waals surface area contributed by atoms with Gasteiger partial charge in [-0.1, -0.05) is 6.92 Å². The molecule has 0 aliphatic heterocycles. The highest BCUT2D eigenvalue weighted by molar-refractivity contribution is 5.92. The zero-order chi connectivity index (χ0) is 19.1. The van der Waals surface area contributed by atoms with Crippen LogP contribution in [0.5, 0.6) is 0 Å². The van der Waals surface area contributed by atoms with E-state index in [9.17, 15) is 19.1 Å². The maximum Gasteiger partial charge on any atom is 0.341 e. The van der Waals surface area contributed by atoms with Crippen molar-refractivity contribution in [1.29, 1.82) is 0 Å². The summed E-state index contributed by atoms with van der Waals surface area (Å²) in [6, 6.07) is 3.76. The van der Waals surface area contributed by atoms with Crippen molar-refractivity contribution in [2.75, 3.05) is 6.54 Å². The summed E-state index contributed by atoms with van der Waals surface area (Å²) in [6.45, 7) is 3.04. The van der Waals surface area contributed by atoms with E-state index in [-0.39, 0.29) is 22.9 Å². The summed E-state index contributed by atoms with van der Waals surface area (Å²) in [5, 5.41) is 13.0. The molecule has 2 aliphatic rings. The normalized spacial score (nSPS) is 22.9. The fourth-order valence-corrected chi connectivity index (χ4v) is 4.40. The topological polar surface area (TPSA) is 71.3 Å². The second kappa shape index (κ2) is 7.08. The molecule has 0 radical (unpaired) electrons. The largest absolute Gasteiger partial charge is 0.477 e. The Balaban J connectivity index is 1.77. The molecule has 0 amide bonds. The predicted octanol–water partition coefficient (Wildman–Crippen LogP) is 3.81. The van der Waals surface area contributed by atoms with Crippen LogP contribution < -0.4 is 10.7 Å². The molecule has 2 aliphatic carbocycles. The molecule has 5 nitrogen and oxygen atoms in total. The lowest BCUT2D eigenvalue weighted by atomic mass is 9.81. The van der Waals surface area contributed by atoms with Crippen molar-refractivity contribution in [3.8, 4) is 0 Å². The number of benzene rings is 1. The first kappa shape index (κ1) is 18.2. The summed E-state index contributed by atoms with van der Waals surface area (Å²) >= 11 is 0. The molecular weight excluding hydrogens is 347 g/mol. The number of carbonyl (C=O) groups is 1. The number of pyridine rings is 1. The zero-order valence-corrected chi connectivity index (χ0v) is 15.5. The number of halogens is 1. The summed E-state index contributed by atoms with van der Waals surface area (Å²) in [6.07, 6.45) is 7.22. The maximum absolute atomic E-state index is 14.9. The van der Waals surface area contributed by atoms with Crippen molar-refractivity contribution in [2.45, 2.75) is 63.5 Å². The summed E-state index contributed by atoms with van der Waals surface area (Å²) < 4.78 is 16.8. The molecule has 0 unspecified atom stereocenters. The number of aromatic nitrogens is 1. The van der Waals surface area contributed by atoms with Gasteiger partial charge in [0, 0.05) is 23.7 Å². The number of carboxylic acids is 1. The predicted molar refractivity (Wildman–Crippen MR) is 102 cm³/mol. The monoisotopic (exact) mass is 372 g/mol. The van der Waals surface area contributed by atoms with Gasteiger partial charge in [0.25, 0.3) is 0 Å². The molecule has 2 N–H and O–H groups in total. The van der Waals surface area contributed by atoms with Crippen LogP contribution in [0.1, 0.15) is 73.3 Å². The first-order valence-corrected chi connectivity index (χ1v) is 9.84. The Labute approximate surface area is 157 Å². The Morgan fingerprint density at radius 2 is 1.93 bits per heavy atom. The molecule has 144 valence electrons. The van der Waals surface area contributed by atoms with Gasteiger partial charge in [-0.25, -0.2) is 9.18 Å². The van der Waals surface area contributed by atoms with Gasteiger partial charge in [-0.3, -0.25) is 4.79 Å². The van der Waals surface area contributed by atoms with Gasteiger partial charge in [-0.05, 0) is 68.7 Å². The highest BCUT2D eigenvalue weighted by Gasteiger charge is 2.29. The van der Waals surface area contributed by atoms with E-state index < -0.39 is 17.2 Å². The van der Waals surface area contributed by atoms with Crippen LogP contribution in [-0.4, -0.2) is 28.2 Å². The van der Waals surface area contributed by atoms with Crippen molar-refractivity contribution in [3.05, 3.63) is 45.5 Å². The fraction of sp³-hybridized carbons (Fsp3) is 0.524. The molecule has 0 bridgehead atoms. The van der Waals surface area contributed by atoms with Gasteiger partial charge < -0.3 is 15.0 Å². The van der Waals surface area contributed by atoms with Crippen LogP contribution in [0.2, 0.25) is 0 Å². The Kier molecular flexibility index (Phi) is 4.76. The molecular formula is C21H25FN2O3. The van der Waals surface area contributed by atoms with E-state index in [2.05, 4.69) is 12.2 Å². The number of nitrogens with one attached hydrogen (secondary N) is 1. The molecule has 1 heterocycles. The molecule has 1 aromatic carbocycles. The van der Waals surface area contributed by atoms with E-state index in [1.54, 1.807) is 6.07 Å². The zero-order valence-electron chi connectivity index (χ0n) is 15.5. The molecule has 27 heavy (non-hydrogen) atoms. The molecule has 2 aromatic rings. The highest BCUT2D eigenvalue weighted by Crippen LogP contribution is 2.39. The summed E-state index contributed by atoms with van der Waals surface area (Å²) in [7, 11) is 0. The van der Waals surface area contributed by atoms with E-state index in [1.807, 2.05) is 4.57 Å². The number of hydrogen-bond donors (Lipinski definition) is 2. The Morgan fingerprint density at radius 3 is 2.52 bits per heavy atom. The standard InChI is InChI=1S/C21H25FN2O3/c1-2-23-13-5-3-12(4-6-13)15-10-19-16(9-18(15)22)20(25)17(21(26)27)11-24(19)14-7-8-14/h9-14,23H,2-8H2,1H3,(H,26,27). The molecule has 2 fully saturated rings. The maximum atomic E-state index is 14.9. The number of carboxylic acid groups (broad SMARTS) is 1. The van der Waals surface area contributed by atoms with Crippen LogP contribution in [0.4, 0.5) is 4.39 Å². The van der Waals surface area contributed by atoms with Crippen LogP contribution in [0.3, 0.4) is 0 Å². The number of nitrogens with zero attached hydrogens (tertiary/aromatic N) is 1. The molecule has 2 saturated carbocycles. The van der Waals surface area contributed by atoms with E-state index in [0.717, 1.165) is 45.1 Å². The van der Waals surface area contributed by atoms with Crippen LogP contribution in [0, 0.1) is 5.82 Å². The van der Waals surface area contributed by atoms with Crippen molar-refractivity contribution >= 4 is 16.9 Å². The lowest BCUT2D eigenvalue weighted by Crippen LogP contribution is -2.32. The van der Waals surface area contributed by atoms with Crippen LogP contribution in [0.15, 0.2) is 23.1 Å². The van der Waals surface area contributed by atoms with Crippen molar-refractivity contribution in [1.82, 2.24) is 9.88 Å². The third kappa shape index (κ3) is 3.38. The average molecular weight is 372 g/mol. The molecule has 1 aromatic heterocycles. The third-order valence-corrected chi connectivity index (χ3v) is 5.98. The van der Waals surface area contributed by atoms with Crippen molar-refractivity contribution < 1.29 is 14.3 Å². The smallest absolute Gasteiger partial charge is 0.341 e. The van der Waals surface area contributed by atoms with Gasteiger partial charge in [0.05, 0.1) is 5.52 Å². The van der Waals surface area contributed by atoms with E-state index in [0.29, 0.717) is 17.1 Å². The van der Waals surface area contributed by atoms with Crippen LogP contribution >= 0.6 is 0 Å². The average Bonchev–Trinajstić information content (AvgIpc) is 3.48. The van der Waals surface area contributed by atoms with Crippen molar-refractivity contribution in [3.63, 3.8) is 0 Å². The number of rotatable bonds is 5. The lowest BCUT2D eigenvalue weighted by Gasteiger charge is -2.29. The Morgan fingerprint density at radius 1 is 1.22 bits per heavy atom. The van der Waals surface area contributed by atoms with Gasteiger partial charge in [0.1, 0.15) is 11.4 Å². The van der Waals surface area contributed by atoms with Gasteiger partial charge >= 0.3 is 5.97 Å². The van der Waals surface area contributed by atoms with E-state index in [1.165, 1.54) is 12.3 Å². The molecule has 6 heteroatoms. The van der Waals surface area contributed by atoms with Gasteiger partial charge in [0.15, 0.2) is 0 Å². The number of aromatic carboxylic acids is 1. The summed E-state index contributed by atoms with van der Waals surface area (Å²) in [4.78, 5) is 24.0. The number of fused-ring (bicyclic) bond motifs is 1. The molecule has 0 atom stereocenters. The lowest BCUT2D eigenvalue weighted by molar-refractivity contribution is 0.0695. The van der Waals surface area contributed by atoms with E-state index in [4.69, 9.17) is 0 Å². The SMILES string of the molecule is CCNC1CCC(c2cc3c(cc2F)c(=O)c(C(=O)O)cn3C2CC2)CC1. The second-order valence-corrected chi connectivity index (χ2v) is 7.81. The van der Waals surface area contributed by atoms with Crippen molar-refractivity contribution in [2.24, 2.45) is 0 Å². The minimum absolute atomic E-state index is 0.145. The fourth-order valence-electron chi connectivity index (χ4n) is 4.40. The van der Waals surface area contributed by atoms with Gasteiger partial charge in [-0.2, -0.15) is 0 Å². The van der Waals surface area contributed by atoms with E-state index >= 15 is 0 Å². The van der Waals surface area contributed by atoms with Crippen LogP contribution in [-0.2, 0) is 0 Å². The van der Waals surface area contributed by atoms with Gasteiger partial charge in [-0.15, -0.1) is 0 Å². The second-order valence-electron chi connectivity index (χ2n) is 7.81. The number of hydrogen-bond acceptors (Lipinski definition) is 3. The quantitative estimate of drug-likeness (QED) is 0.837. The van der Waals surface area contributed by atoms with Crippen LogP contribution in [0.25, 0.3) is 10.9 Å². The molecule has 0 saturated heterocycles. The molecule has 4 rings (SSSR count). The Hall–Kier alpha value is -2.21. The summed E-state index contributed by atoms with van der Waals surface area (Å²) in [5.41, 5.74) is 0.440. The first-order chi connectivity index (χ1) is 13.0. The minimum atomic E-state index is -1.26. The molecule has 0 spiro atoms. The highest BCUT2D eigenvalue weighted by atomic mass is 19.1. The third-order valence-electron chi connectivity index (χ3n) is 5.98. The summed E-state index contributed by atoms with van der Waals surface area (Å²) in [5.74, 6) is -1.51.